The highest BCUT2D eigenvalue weighted by Gasteiger charge is 2.26. The molecule has 2 heterocycles. The zero-order chi connectivity index (χ0) is 14.6. The number of hydrogen-bond acceptors (Lipinski definition) is 5. The van der Waals surface area contributed by atoms with Gasteiger partial charge in [-0.25, -0.2) is 9.71 Å². The molecule has 1 aliphatic heterocycles. The minimum atomic E-state index is -3.33. The van der Waals surface area contributed by atoms with Crippen LogP contribution in [0.15, 0.2) is 18.3 Å². The summed E-state index contributed by atoms with van der Waals surface area (Å²) >= 11 is 0. The van der Waals surface area contributed by atoms with Crippen molar-refractivity contribution < 1.29 is 8.42 Å². The van der Waals surface area contributed by atoms with E-state index < -0.39 is 10.2 Å². The molecule has 0 saturated carbocycles. The van der Waals surface area contributed by atoms with Crippen LogP contribution in [0.2, 0.25) is 0 Å². The largest absolute Gasteiger partial charge is 0.354 e. The molecule has 7 nitrogen and oxygen atoms in total. The summed E-state index contributed by atoms with van der Waals surface area (Å²) in [6, 6.07) is 3.88. The normalized spacial score (nSPS) is 17.4. The highest BCUT2D eigenvalue weighted by atomic mass is 32.2. The Morgan fingerprint density at radius 2 is 2.00 bits per heavy atom. The predicted octanol–water partition coefficient (Wildman–Crippen LogP) is -0.483. The van der Waals surface area contributed by atoms with E-state index in [-0.39, 0.29) is 0 Å². The smallest absolute Gasteiger partial charge is 0.279 e. The van der Waals surface area contributed by atoms with Crippen molar-refractivity contribution >= 4 is 16.0 Å². The second-order valence-corrected chi connectivity index (χ2v) is 6.37. The van der Waals surface area contributed by atoms with E-state index in [1.165, 1.54) is 4.31 Å². The zero-order valence-electron chi connectivity index (χ0n) is 11.6. The molecule has 1 saturated heterocycles. The van der Waals surface area contributed by atoms with Gasteiger partial charge in [-0.1, -0.05) is 13.0 Å². The lowest BCUT2D eigenvalue weighted by molar-refractivity contribution is 0.378. The van der Waals surface area contributed by atoms with E-state index >= 15 is 0 Å². The summed E-state index contributed by atoms with van der Waals surface area (Å²) in [5, 5.41) is 0. The van der Waals surface area contributed by atoms with E-state index in [4.69, 9.17) is 5.73 Å². The van der Waals surface area contributed by atoms with Crippen molar-refractivity contribution in [3.05, 3.63) is 23.9 Å². The van der Waals surface area contributed by atoms with Crippen LogP contribution in [0.3, 0.4) is 0 Å². The minimum absolute atomic E-state index is 0.407. The van der Waals surface area contributed by atoms with Crippen LogP contribution in [0.25, 0.3) is 0 Å². The SMILES string of the molecule is CCNS(=O)(=O)N1CCN(c2ccc(CN)cn2)CC1. The van der Waals surface area contributed by atoms with Crippen LogP contribution in [0.5, 0.6) is 0 Å². The van der Waals surface area contributed by atoms with Gasteiger partial charge >= 0.3 is 0 Å². The molecule has 0 radical (unpaired) electrons. The van der Waals surface area contributed by atoms with E-state index in [0.29, 0.717) is 39.3 Å². The van der Waals surface area contributed by atoms with Crippen LogP contribution in [-0.2, 0) is 16.8 Å². The fraction of sp³-hybridized carbons (Fsp3) is 0.583. The number of aromatic nitrogens is 1. The van der Waals surface area contributed by atoms with Crippen molar-refractivity contribution in [3.8, 4) is 0 Å². The fourth-order valence-corrected chi connectivity index (χ4v) is 3.35. The first kappa shape index (κ1) is 15.2. The number of hydrogen-bond donors (Lipinski definition) is 2. The average Bonchev–Trinajstić information content (AvgIpc) is 2.47. The summed E-state index contributed by atoms with van der Waals surface area (Å²) in [5.74, 6) is 0.864. The molecular formula is C12H21N5O2S. The third-order valence-electron chi connectivity index (χ3n) is 3.27. The Morgan fingerprint density at radius 3 is 2.50 bits per heavy atom. The molecule has 3 N–H and O–H groups in total. The lowest BCUT2D eigenvalue weighted by atomic mass is 10.2. The third-order valence-corrected chi connectivity index (χ3v) is 4.97. The summed E-state index contributed by atoms with van der Waals surface area (Å²) < 4.78 is 27.7. The molecule has 2 rings (SSSR count). The Kier molecular flexibility index (Phi) is 4.92. The summed E-state index contributed by atoms with van der Waals surface area (Å²) in [4.78, 5) is 6.44. The molecular weight excluding hydrogens is 278 g/mol. The molecule has 1 fully saturated rings. The number of anilines is 1. The topological polar surface area (TPSA) is 91.6 Å². The Labute approximate surface area is 120 Å². The number of pyridine rings is 1. The van der Waals surface area contributed by atoms with Crippen molar-refractivity contribution in [3.63, 3.8) is 0 Å². The third kappa shape index (κ3) is 3.45. The van der Waals surface area contributed by atoms with Gasteiger partial charge in [0, 0.05) is 45.5 Å². The Morgan fingerprint density at radius 1 is 1.30 bits per heavy atom. The van der Waals surface area contributed by atoms with E-state index in [1.807, 2.05) is 12.1 Å². The minimum Gasteiger partial charge on any atom is -0.354 e. The van der Waals surface area contributed by atoms with Crippen molar-refractivity contribution in [1.82, 2.24) is 14.0 Å². The fourth-order valence-electron chi connectivity index (χ4n) is 2.16. The average molecular weight is 299 g/mol. The van der Waals surface area contributed by atoms with Crippen LogP contribution in [0.4, 0.5) is 5.82 Å². The van der Waals surface area contributed by atoms with Crippen LogP contribution < -0.4 is 15.4 Å². The van der Waals surface area contributed by atoms with Gasteiger partial charge in [0.05, 0.1) is 0 Å². The first-order valence-corrected chi connectivity index (χ1v) is 8.15. The first-order chi connectivity index (χ1) is 9.56. The molecule has 0 aliphatic carbocycles. The zero-order valence-corrected chi connectivity index (χ0v) is 12.4. The number of nitrogens with two attached hydrogens (primary N) is 1. The molecule has 0 spiro atoms. The molecule has 0 aromatic carbocycles. The van der Waals surface area contributed by atoms with Gasteiger partial charge in [0.2, 0.25) is 0 Å². The molecule has 8 heteroatoms. The summed E-state index contributed by atoms with van der Waals surface area (Å²) in [6.45, 7) is 4.87. The molecule has 0 bridgehead atoms. The lowest BCUT2D eigenvalue weighted by Crippen LogP contribution is -2.52. The molecule has 112 valence electrons. The van der Waals surface area contributed by atoms with Gasteiger partial charge in [0.15, 0.2) is 0 Å². The molecule has 0 amide bonds. The standard InChI is InChI=1S/C12H21N5O2S/c1-2-15-20(18,19)17-7-5-16(6-8-17)12-4-3-11(9-13)10-14-12/h3-4,10,15H,2,5-9,13H2,1H3. The van der Waals surface area contributed by atoms with Crippen LogP contribution in [0.1, 0.15) is 12.5 Å². The quantitative estimate of drug-likeness (QED) is 0.766. The van der Waals surface area contributed by atoms with Crippen molar-refractivity contribution in [2.45, 2.75) is 13.5 Å². The summed E-state index contributed by atoms with van der Waals surface area (Å²) in [6.07, 6.45) is 1.76. The van der Waals surface area contributed by atoms with Crippen molar-refractivity contribution in [2.75, 3.05) is 37.6 Å². The van der Waals surface area contributed by atoms with Crippen molar-refractivity contribution in [1.29, 1.82) is 0 Å². The van der Waals surface area contributed by atoms with Gasteiger partial charge < -0.3 is 10.6 Å². The maximum Gasteiger partial charge on any atom is 0.279 e. The van der Waals surface area contributed by atoms with E-state index in [1.54, 1.807) is 13.1 Å². The van der Waals surface area contributed by atoms with E-state index in [9.17, 15) is 8.42 Å². The number of rotatable bonds is 5. The predicted molar refractivity (Wildman–Crippen MR) is 78.5 cm³/mol. The van der Waals surface area contributed by atoms with Gasteiger partial charge in [-0.3, -0.25) is 0 Å². The molecule has 1 aromatic rings. The van der Waals surface area contributed by atoms with Gasteiger partial charge in [-0.15, -0.1) is 0 Å². The monoisotopic (exact) mass is 299 g/mol. The van der Waals surface area contributed by atoms with E-state index in [2.05, 4.69) is 14.6 Å². The Balaban J connectivity index is 1.97. The van der Waals surface area contributed by atoms with Gasteiger partial charge in [0.1, 0.15) is 5.82 Å². The number of piperazine rings is 1. The van der Waals surface area contributed by atoms with Crippen LogP contribution >= 0.6 is 0 Å². The highest BCUT2D eigenvalue weighted by Crippen LogP contribution is 2.15. The van der Waals surface area contributed by atoms with Gasteiger partial charge in [-0.2, -0.15) is 12.7 Å². The first-order valence-electron chi connectivity index (χ1n) is 6.71. The maximum atomic E-state index is 11.9. The van der Waals surface area contributed by atoms with E-state index in [0.717, 1.165) is 11.4 Å². The second-order valence-electron chi connectivity index (χ2n) is 4.62. The van der Waals surface area contributed by atoms with Gasteiger partial charge in [0.25, 0.3) is 10.2 Å². The van der Waals surface area contributed by atoms with Gasteiger partial charge in [-0.05, 0) is 11.6 Å². The molecule has 1 aliphatic rings. The van der Waals surface area contributed by atoms with Crippen LogP contribution in [0, 0.1) is 0 Å². The Bertz CT molecular complexity index is 523. The lowest BCUT2D eigenvalue weighted by Gasteiger charge is -2.34. The molecule has 0 unspecified atom stereocenters. The van der Waals surface area contributed by atoms with Crippen molar-refractivity contribution in [2.24, 2.45) is 5.73 Å². The summed E-state index contributed by atoms with van der Waals surface area (Å²) in [7, 11) is -3.33. The maximum absolute atomic E-state index is 11.9. The number of nitrogens with one attached hydrogen (secondary N) is 1. The highest BCUT2D eigenvalue weighted by molar-refractivity contribution is 7.87. The second kappa shape index (κ2) is 6.49. The van der Waals surface area contributed by atoms with Crippen LogP contribution in [-0.4, -0.2) is 50.4 Å². The molecule has 20 heavy (non-hydrogen) atoms. The molecule has 1 aromatic heterocycles. The summed E-state index contributed by atoms with van der Waals surface area (Å²) in [5.41, 5.74) is 6.53. The number of nitrogens with zero attached hydrogens (tertiary/aromatic N) is 3. The Hall–Kier alpha value is -1.22. The molecule has 0 atom stereocenters.